The number of pyridine rings is 1. The lowest BCUT2D eigenvalue weighted by molar-refractivity contribution is 0.557. The molecule has 0 N–H and O–H groups in total. The molecule has 4 rings (SSSR count). The van der Waals surface area contributed by atoms with Crippen molar-refractivity contribution < 1.29 is 0 Å². The maximum atomic E-state index is 12.6. The second kappa shape index (κ2) is 4.27. The summed E-state index contributed by atoms with van der Waals surface area (Å²) >= 11 is 0. The van der Waals surface area contributed by atoms with Crippen molar-refractivity contribution in [2.24, 2.45) is 0 Å². The summed E-state index contributed by atoms with van der Waals surface area (Å²) in [5, 5.41) is 0.583. The molecule has 3 aromatic rings. The van der Waals surface area contributed by atoms with Crippen molar-refractivity contribution in [1.29, 1.82) is 0 Å². The van der Waals surface area contributed by atoms with Gasteiger partial charge in [0.2, 0.25) is 0 Å². The Hall–Kier alpha value is -2.49. The summed E-state index contributed by atoms with van der Waals surface area (Å²) in [6.45, 7) is 0. The van der Waals surface area contributed by atoms with E-state index in [0.717, 1.165) is 12.8 Å². The van der Waals surface area contributed by atoms with Crippen LogP contribution >= 0.6 is 0 Å². The van der Waals surface area contributed by atoms with E-state index in [2.05, 4.69) is 22.1 Å². The number of fused-ring (bicyclic) bond motifs is 2. The van der Waals surface area contributed by atoms with Gasteiger partial charge in [0.1, 0.15) is 0 Å². The third-order valence-electron chi connectivity index (χ3n) is 4.02. The van der Waals surface area contributed by atoms with Gasteiger partial charge in [0.05, 0.1) is 23.3 Å². The highest BCUT2D eigenvalue weighted by atomic mass is 16.1. The highest BCUT2D eigenvalue weighted by Gasteiger charge is 2.24. The molecule has 1 atom stereocenters. The molecule has 0 saturated carbocycles. The molecule has 2 aromatic heterocycles. The predicted molar refractivity (Wildman–Crippen MR) is 76.7 cm³/mol. The van der Waals surface area contributed by atoms with Gasteiger partial charge in [0.25, 0.3) is 5.56 Å². The molecule has 0 amide bonds. The first-order chi connectivity index (χ1) is 9.84. The van der Waals surface area contributed by atoms with Crippen LogP contribution in [0.25, 0.3) is 10.9 Å². The number of rotatable bonds is 1. The van der Waals surface area contributed by atoms with Crippen LogP contribution in [0.5, 0.6) is 0 Å². The summed E-state index contributed by atoms with van der Waals surface area (Å²) in [6.07, 6.45) is 6.88. The van der Waals surface area contributed by atoms with Gasteiger partial charge in [-0.05, 0) is 30.0 Å². The number of benzene rings is 1. The number of hydrogen-bond donors (Lipinski definition) is 0. The highest BCUT2D eigenvalue weighted by molar-refractivity contribution is 5.75. The molecule has 98 valence electrons. The Morgan fingerprint density at radius 1 is 1.20 bits per heavy atom. The quantitative estimate of drug-likeness (QED) is 0.677. The van der Waals surface area contributed by atoms with E-state index in [4.69, 9.17) is 0 Å². The normalized spacial score (nSPS) is 17.3. The van der Waals surface area contributed by atoms with Crippen LogP contribution < -0.4 is 5.56 Å². The van der Waals surface area contributed by atoms with Crippen molar-refractivity contribution in [3.05, 3.63) is 70.5 Å². The van der Waals surface area contributed by atoms with Crippen LogP contribution in [0.4, 0.5) is 0 Å². The summed E-state index contributed by atoms with van der Waals surface area (Å²) in [5.74, 6) is 0. The van der Waals surface area contributed by atoms with Crippen molar-refractivity contribution in [3.63, 3.8) is 0 Å². The molecule has 2 heterocycles. The first kappa shape index (κ1) is 11.3. The monoisotopic (exact) mass is 263 g/mol. The number of aromatic nitrogens is 3. The smallest absolute Gasteiger partial charge is 0.263 e. The molecule has 1 aliphatic rings. The van der Waals surface area contributed by atoms with Crippen molar-refractivity contribution >= 4 is 10.9 Å². The van der Waals surface area contributed by atoms with E-state index in [0.29, 0.717) is 10.9 Å². The fourth-order valence-corrected chi connectivity index (χ4v) is 3.03. The van der Waals surface area contributed by atoms with Crippen LogP contribution in [0, 0.1) is 0 Å². The lowest BCUT2D eigenvalue weighted by Crippen LogP contribution is -2.24. The van der Waals surface area contributed by atoms with Crippen LogP contribution in [-0.4, -0.2) is 14.5 Å². The second-order valence-corrected chi connectivity index (χ2v) is 5.10. The summed E-state index contributed by atoms with van der Waals surface area (Å²) in [4.78, 5) is 21.0. The van der Waals surface area contributed by atoms with E-state index in [-0.39, 0.29) is 11.6 Å². The summed E-state index contributed by atoms with van der Waals surface area (Å²) < 4.78 is 1.75. The van der Waals surface area contributed by atoms with Crippen LogP contribution in [-0.2, 0) is 6.42 Å². The molecular formula is C16H13N3O. The van der Waals surface area contributed by atoms with E-state index >= 15 is 0 Å². The summed E-state index contributed by atoms with van der Waals surface area (Å²) in [5.41, 5.74) is 3.26. The minimum Gasteiger partial charge on any atom is -0.291 e. The molecule has 1 aliphatic carbocycles. The minimum absolute atomic E-state index is 0.00944. The SMILES string of the molecule is O=c1c2cnccc2ncn1[C@H]1CCc2ccccc21. The van der Waals surface area contributed by atoms with E-state index in [1.165, 1.54) is 11.1 Å². The molecule has 0 saturated heterocycles. The van der Waals surface area contributed by atoms with Crippen molar-refractivity contribution in [1.82, 2.24) is 14.5 Å². The Balaban J connectivity index is 1.92. The summed E-state index contributed by atoms with van der Waals surface area (Å²) in [7, 11) is 0. The zero-order chi connectivity index (χ0) is 13.5. The van der Waals surface area contributed by atoms with Gasteiger partial charge in [-0.2, -0.15) is 0 Å². The third-order valence-corrected chi connectivity index (χ3v) is 4.02. The fraction of sp³-hybridized carbons (Fsp3) is 0.188. The van der Waals surface area contributed by atoms with E-state index in [9.17, 15) is 4.79 Å². The van der Waals surface area contributed by atoms with Crippen LogP contribution in [0.15, 0.2) is 53.8 Å². The van der Waals surface area contributed by atoms with Gasteiger partial charge in [-0.1, -0.05) is 24.3 Å². The molecule has 0 spiro atoms. The Morgan fingerprint density at radius 3 is 3.05 bits per heavy atom. The molecule has 4 heteroatoms. The molecule has 0 bridgehead atoms. The summed E-state index contributed by atoms with van der Waals surface area (Å²) in [6, 6.07) is 10.2. The number of aryl methyl sites for hydroxylation is 1. The largest absolute Gasteiger partial charge is 0.291 e. The fourth-order valence-electron chi connectivity index (χ4n) is 3.03. The number of nitrogens with zero attached hydrogens (tertiary/aromatic N) is 3. The Kier molecular flexibility index (Phi) is 2.42. The third kappa shape index (κ3) is 1.58. The van der Waals surface area contributed by atoms with E-state index < -0.39 is 0 Å². The van der Waals surface area contributed by atoms with Gasteiger partial charge >= 0.3 is 0 Å². The molecule has 0 aliphatic heterocycles. The first-order valence-corrected chi connectivity index (χ1v) is 6.73. The Labute approximate surface area is 115 Å². The van der Waals surface area contributed by atoms with Gasteiger partial charge in [-0.15, -0.1) is 0 Å². The lowest BCUT2D eigenvalue weighted by atomic mass is 10.1. The molecule has 0 unspecified atom stereocenters. The van der Waals surface area contributed by atoms with Gasteiger partial charge in [0.15, 0.2) is 0 Å². The van der Waals surface area contributed by atoms with Gasteiger partial charge < -0.3 is 0 Å². The van der Waals surface area contributed by atoms with Gasteiger partial charge in [-0.3, -0.25) is 14.3 Å². The van der Waals surface area contributed by atoms with Crippen LogP contribution in [0.1, 0.15) is 23.6 Å². The molecular weight excluding hydrogens is 250 g/mol. The average Bonchev–Trinajstić information content (AvgIpc) is 2.92. The van der Waals surface area contributed by atoms with Crippen LogP contribution in [0.3, 0.4) is 0 Å². The van der Waals surface area contributed by atoms with Crippen molar-refractivity contribution in [2.75, 3.05) is 0 Å². The highest BCUT2D eigenvalue weighted by Crippen LogP contribution is 2.33. The second-order valence-electron chi connectivity index (χ2n) is 5.10. The van der Waals surface area contributed by atoms with E-state index in [1.54, 1.807) is 29.4 Å². The van der Waals surface area contributed by atoms with Gasteiger partial charge in [-0.25, -0.2) is 4.98 Å². The standard InChI is InChI=1S/C16H13N3O/c20-16-13-9-17-8-7-14(13)18-10-19(16)15-6-5-11-3-1-2-4-12(11)15/h1-4,7-10,15H,5-6H2/t15-/m0/s1. The molecule has 1 aromatic carbocycles. The van der Waals surface area contributed by atoms with Crippen molar-refractivity contribution in [2.45, 2.75) is 18.9 Å². The van der Waals surface area contributed by atoms with Crippen LogP contribution in [0.2, 0.25) is 0 Å². The van der Waals surface area contributed by atoms with Gasteiger partial charge in [0, 0.05) is 12.4 Å². The lowest BCUT2D eigenvalue weighted by Gasteiger charge is -2.15. The molecule has 0 fully saturated rings. The molecule has 4 nitrogen and oxygen atoms in total. The predicted octanol–water partition coefficient (Wildman–Crippen LogP) is 2.33. The first-order valence-electron chi connectivity index (χ1n) is 6.73. The molecule has 20 heavy (non-hydrogen) atoms. The topological polar surface area (TPSA) is 47.8 Å². The maximum absolute atomic E-state index is 12.6. The Morgan fingerprint density at radius 2 is 2.10 bits per heavy atom. The average molecular weight is 263 g/mol. The molecule has 0 radical (unpaired) electrons. The Bertz CT molecular complexity index is 853. The number of hydrogen-bond acceptors (Lipinski definition) is 3. The maximum Gasteiger partial charge on any atom is 0.263 e. The zero-order valence-corrected chi connectivity index (χ0v) is 10.9. The zero-order valence-electron chi connectivity index (χ0n) is 10.9. The van der Waals surface area contributed by atoms with E-state index in [1.807, 2.05) is 12.1 Å². The van der Waals surface area contributed by atoms with Crippen molar-refractivity contribution in [3.8, 4) is 0 Å². The minimum atomic E-state index is -0.00944.